The first-order chi connectivity index (χ1) is 15.4. The average Bonchev–Trinajstić information content (AvgIpc) is 3.41. The van der Waals surface area contributed by atoms with Crippen LogP contribution in [0.25, 0.3) is 11.3 Å². The lowest BCUT2D eigenvalue weighted by molar-refractivity contribution is -0.0498. The second-order valence-electron chi connectivity index (χ2n) is 6.49. The molecule has 164 valence electrons. The second kappa shape index (κ2) is 9.10. The number of amides is 1. The Morgan fingerprint density at radius 3 is 2.72 bits per heavy atom. The molecule has 4 aromatic rings. The van der Waals surface area contributed by atoms with Gasteiger partial charge in [-0.2, -0.15) is 13.9 Å². The van der Waals surface area contributed by atoms with E-state index in [4.69, 9.17) is 11.6 Å². The third kappa shape index (κ3) is 4.89. The van der Waals surface area contributed by atoms with Gasteiger partial charge < -0.3 is 4.74 Å². The molecule has 0 unspecified atom stereocenters. The fourth-order valence-electron chi connectivity index (χ4n) is 2.84. The molecule has 1 amide bonds. The van der Waals surface area contributed by atoms with Crippen LogP contribution in [0.2, 0.25) is 5.02 Å². The number of carbonyl (C=O) groups excluding carboxylic acids is 1. The highest BCUT2D eigenvalue weighted by Gasteiger charge is 2.15. The predicted octanol–water partition coefficient (Wildman–Crippen LogP) is 4.36. The Morgan fingerprint density at radius 1 is 1.22 bits per heavy atom. The standard InChI is InChI=1S/C20H14ClF3N6O2/c21-14-2-1-3-15(22)13(14)9-30-10-25-20(29-30)26-18(31)17-8-16(27-28-17)11-4-6-12(7-5-11)32-19(23)24/h1-8,10,19H,9H2,(H,27,28)(H,26,29,31). The molecule has 0 spiro atoms. The summed E-state index contributed by atoms with van der Waals surface area (Å²) in [6.07, 6.45) is 1.33. The molecule has 0 saturated heterocycles. The number of aromatic nitrogens is 5. The van der Waals surface area contributed by atoms with E-state index in [9.17, 15) is 18.0 Å². The van der Waals surface area contributed by atoms with Crippen molar-refractivity contribution >= 4 is 23.5 Å². The molecule has 12 heteroatoms. The number of anilines is 1. The Hall–Kier alpha value is -3.86. The average molecular weight is 463 g/mol. The molecule has 2 aromatic carbocycles. The van der Waals surface area contributed by atoms with Crippen molar-refractivity contribution in [2.75, 3.05) is 5.32 Å². The highest BCUT2D eigenvalue weighted by atomic mass is 35.5. The number of ether oxygens (including phenoxy) is 1. The van der Waals surface area contributed by atoms with Crippen LogP contribution in [-0.4, -0.2) is 37.5 Å². The largest absolute Gasteiger partial charge is 0.435 e. The fraction of sp³-hybridized carbons (Fsp3) is 0.100. The van der Waals surface area contributed by atoms with E-state index in [0.717, 1.165) is 0 Å². The minimum atomic E-state index is -2.91. The number of rotatable bonds is 7. The van der Waals surface area contributed by atoms with Gasteiger partial charge in [0.1, 0.15) is 23.6 Å². The number of nitrogens with one attached hydrogen (secondary N) is 2. The molecule has 0 saturated carbocycles. The van der Waals surface area contributed by atoms with Gasteiger partial charge in [-0.1, -0.05) is 17.7 Å². The topological polar surface area (TPSA) is 97.7 Å². The smallest absolute Gasteiger partial charge is 0.387 e. The Balaban J connectivity index is 1.41. The van der Waals surface area contributed by atoms with Gasteiger partial charge in [0.05, 0.1) is 12.2 Å². The lowest BCUT2D eigenvalue weighted by Crippen LogP contribution is -2.14. The van der Waals surface area contributed by atoms with Gasteiger partial charge >= 0.3 is 6.61 Å². The van der Waals surface area contributed by atoms with Crippen LogP contribution in [0.3, 0.4) is 0 Å². The van der Waals surface area contributed by atoms with Crippen LogP contribution < -0.4 is 10.1 Å². The predicted molar refractivity (Wildman–Crippen MR) is 109 cm³/mol. The maximum atomic E-state index is 13.9. The van der Waals surface area contributed by atoms with Crippen LogP contribution >= 0.6 is 11.6 Å². The normalized spacial score (nSPS) is 11.0. The molecule has 0 bridgehead atoms. The Morgan fingerprint density at radius 2 is 2.00 bits per heavy atom. The SMILES string of the molecule is O=C(Nc1ncn(Cc2c(F)cccc2Cl)n1)c1cc(-c2ccc(OC(F)F)cc2)n[nH]1. The van der Waals surface area contributed by atoms with Gasteiger partial charge in [0, 0.05) is 16.1 Å². The van der Waals surface area contributed by atoms with Crippen LogP contribution in [0, 0.1) is 5.82 Å². The minimum absolute atomic E-state index is 0.00659. The van der Waals surface area contributed by atoms with E-state index in [1.807, 2.05) is 0 Å². The van der Waals surface area contributed by atoms with Crippen LogP contribution in [-0.2, 0) is 6.54 Å². The monoisotopic (exact) mass is 462 g/mol. The van der Waals surface area contributed by atoms with Gasteiger partial charge in [-0.25, -0.2) is 14.1 Å². The van der Waals surface area contributed by atoms with Gasteiger partial charge in [-0.15, -0.1) is 5.10 Å². The van der Waals surface area contributed by atoms with Crippen molar-refractivity contribution in [3.8, 4) is 17.0 Å². The number of halogens is 4. The maximum absolute atomic E-state index is 13.9. The van der Waals surface area contributed by atoms with Gasteiger partial charge in [0.25, 0.3) is 5.91 Å². The van der Waals surface area contributed by atoms with E-state index in [1.165, 1.54) is 53.5 Å². The molecule has 2 N–H and O–H groups in total. The Kier molecular flexibility index (Phi) is 6.08. The number of hydrogen-bond acceptors (Lipinski definition) is 5. The van der Waals surface area contributed by atoms with E-state index in [2.05, 4.69) is 30.3 Å². The Labute approximate surface area is 184 Å². The summed E-state index contributed by atoms with van der Waals surface area (Å²) in [5.74, 6) is -1.01. The van der Waals surface area contributed by atoms with E-state index >= 15 is 0 Å². The molecule has 32 heavy (non-hydrogen) atoms. The lowest BCUT2D eigenvalue weighted by atomic mass is 10.1. The van der Waals surface area contributed by atoms with E-state index < -0.39 is 18.3 Å². The van der Waals surface area contributed by atoms with Crippen LogP contribution in [0.15, 0.2) is 54.9 Å². The van der Waals surface area contributed by atoms with Crippen molar-refractivity contribution in [3.05, 3.63) is 77.0 Å². The van der Waals surface area contributed by atoms with Crippen LogP contribution in [0.5, 0.6) is 5.75 Å². The first kappa shape index (κ1) is 21.4. The zero-order valence-electron chi connectivity index (χ0n) is 16.1. The zero-order chi connectivity index (χ0) is 22.7. The molecule has 0 fully saturated rings. The minimum Gasteiger partial charge on any atom is -0.435 e. The van der Waals surface area contributed by atoms with Gasteiger partial charge in [-0.05, 0) is 42.5 Å². The molecule has 0 aliphatic rings. The summed E-state index contributed by atoms with van der Waals surface area (Å²) in [5, 5.41) is 13.5. The number of nitrogens with zero attached hydrogens (tertiary/aromatic N) is 4. The number of H-pyrrole nitrogens is 1. The lowest BCUT2D eigenvalue weighted by Gasteiger charge is -2.05. The highest BCUT2D eigenvalue weighted by Crippen LogP contribution is 2.23. The first-order valence-electron chi connectivity index (χ1n) is 9.13. The summed E-state index contributed by atoms with van der Waals surface area (Å²) < 4.78 is 44.0. The number of benzene rings is 2. The van der Waals surface area contributed by atoms with Gasteiger partial charge in [0.15, 0.2) is 0 Å². The second-order valence-corrected chi connectivity index (χ2v) is 6.90. The number of carbonyl (C=O) groups is 1. The first-order valence-corrected chi connectivity index (χ1v) is 9.51. The van der Waals surface area contributed by atoms with Crippen LogP contribution in [0.1, 0.15) is 16.1 Å². The molecule has 8 nitrogen and oxygen atoms in total. The summed E-state index contributed by atoms with van der Waals surface area (Å²) in [7, 11) is 0. The summed E-state index contributed by atoms with van der Waals surface area (Å²) in [4.78, 5) is 16.4. The molecule has 2 aromatic heterocycles. The molecule has 0 aliphatic carbocycles. The molecule has 4 rings (SSSR count). The molecular formula is C20H14ClF3N6O2. The number of hydrogen-bond donors (Lipinski definition) is 2. The van der Waals surface area contributed by atoms with Crippen molar-refractivity contribution in [2.45, 2.75) is 13.2 Å². The highest BCUT2D eigenvalue weighted by molar-refractivity contribution is 6.31. The van der Waals surface area contributed by atoms with Crippen LogP contribution in [0.4, 0.5) is 19.1 Å². The van der Waals surface area contributed by atoms with Gasteiger partial charge in [0.2, 0.25) is 5.95 Å². The number of aromatic amines is 1. The fourth-order valence-corrected chi connectivity index (χ4v) is 3.06. The molecular weight excluding hydrogens is 449 g/mol. The van der Waals surface area contributed by atoms with Crippen molar-refractivity contribution in [3.63, 3.8) is 0 Å². The summed E-state index contributed by atoms with van der Waals surface area (Å²) in [5.41, 5.74) is 1.39. The molecule has 0 radical (unpaired) electrons. The van der Waals surface area contributed by atoms with E-state index in [-0.39, 0.29) is 34.5 Å². The maximum Gasteiger partial charge on any atom is 0.387 e. The summed E-state index contributed by atoms with van der Waals surface area (Å²) >= 11 is 6.01. The van der Waals surface area contributed by atoms with E-state index in [0.29, 0.717) is 11.3 Å². The molecule has 0 aliphatic heterocycles. The van der Waals surface area contributed by atoms with Crippen molar-refractivity contribution in [1.29, 1.82) is 0 Å². The zero-order valence-corrected chi connectivity index (χ0v) is 16.9. The van der Waals surface area contributed by atoms with Crippen molar-refractivity contribution in [2.24, 2.45) is 0 Å². The third-order valence-electron chi connectivity index (χ3n) is 4.34. The Bertz CT molecular complexity index is 1220. The summed E-state index contributed by atoms with van der Waals surface area (Å²) in [6.45, 7) is -2.88. The van der Waals surface area contributed by atoms with Gasteiger partial charge in [-0.3, -0.25) is 15.2 Å². The third-order valence-corrected chi connectivity index (χ3v) is 4.70. The van der Waals surface area contributed by atoms with E-state index in [1.54, 1.807) is 6.07 Å². The summed E-state index contributed by atoms with van der Waals surface area (Å²) in [6, 6.07) is 11.6. The molecule has 0 atom stereocenters. The quantitative estimate of drug-likeness (QED) is 0.425. The van der Waals surface area contributed by atoms with Crippen molar-refractivity contribution < 1.29 is 22.7 Å². The molecule has 2 heterocycles. The number of alkyl halides is 2. The van der Waals surface area contributed by atoms with Crippen molar-refractivity contribution in [1.82, 2.24) is 25.0 Å².